The maximum absolute atomic E-state index is 14.8. The number of pyridine rings is 1. The minimum atomic E-state index is -1.27. The molecule has 3 rings (SSSR count). The molecule has 1 aromatic heterocycles. The van der Waals surface area contributed by atoms with Crippen LogP contribution in [0.3, 0.4) is 0 Å². The molecule has 152 valence electrons. The van der Waals surface area contributed by atoms with Gasteiger partial charge in [-0.3, -0.25) is 14.5 Å². The van der Waals surface area contributed by atoms with Crippen molar-refractivity contribution in [3.63, 3.8) is 0 Å². The number of aliphatic imine (C=N–C) groups is 1. The molecule has 1 aliphatic rings. The molecule has 0 aliphatic carbocycles. The van der Waals surface area contributed by atoms with Crippen LogP contribution in [0, 0.1) is 11.2 Å². The predicted octanol–water partition coefficient (Wildman–Crippen LogP) is 3.15. The summed E-state index contributed by atoms with van der Waals surface area (Å²) in [5.74, 6) is -1.33. The molecule has 3 N–H and O–H groups in total. The third-order valence-corrected chi connectivity index (χ3v) is 5.67. The zero-order chi connectivity index (χ0) is 21.6. The molecule has 1 unspecified atom stereocenters. The lowest BCUT2D eigenvalue weighted by Crippen LogP contribution is -2.58. The molecule has 0 saturated heterocycles. The van der Waals surface area contributed by atoms with Gasteiger partial charge in [-0.25, -0.2) is 14.4 Å². The van der Waals surface area contributed by atoms with E-state index in [1.807, 2.05) is 0 Å². The average molecular weight is 418 g/mol. The summed E-state index contributed by atoms with van der Waals surface area (Å²) in [5, 5.41) is 3.08. The Morgan fingerprint density at radius 1 is 1.24 bits per heavy atom. The van der Waals surface area contributed by atoms with Gasteiger partial charge in [-0.15, -0.1) is 0 Å². The lowest BCUT2D eigenvalue weighted by atomic mass is 9.67. The second kappa shape index (κ2) is 7.11. The summed E-state index contributed by atoms with van der Waals surface area (Å²) < 4.78 is 14.8. The Bertz CT molecular complexity index is 1020. The number of guanidine groups is 1. The fraction of sp³-hybridized carbons (Fsp3) is 0.300. The Morgan fingerprint density at radius 2 is 1.93 bits per heavy atom. The van der Waals surface area contributed by atoms with Crippen LogP contribution in [0.2, 0.25) is 5.02 Å². The average Bonchev–Trinajstić information content (AvgIpc) is 2.67. The molecule has 2 heterocycles. The van der Waals surface area contributed by atoms with Crippen LogP contribution in [0.5, 0.6) is 0 Å². The molecule has 0 radical (unpaired) electrons. The van der Waals surface area contributed by atoms with Crippen LogP contribution >= 0.6 is 11.6 Å². The molecule has 2 amide bonds. The highest BCUT2D eigenvalue weighted by molar-refractivity contribution is 6.30. The van der Waals surface area contributed by atoms with Crippen molar-refractivity contribution in [3.8, 4) is 0 Å². The van der Waals surface area contributed by atoms with Crippen LogP contribution < -0.4 is 11.1 Å². The van der Waals surface area contributed by atoms with Crippen LogP contribution in [0.1, 0.15) is 36.8 Å². The van der Waals surface area contributed by atoms with Crippen molar-refractivity contribution < 1.29 is 14.0 Å². The Kier molecular flexibility index (Phi) is 5.08. The minimum absolute atomic E-state index is 0.00368. The number of aromatic nitrogens is 1. The van der Waals surface area contributed by atoms with E-state index in [-0.39, 0.29) is 23.1 Å². The van der Waals surface area contributed by atoms with Crippen molar-refractivity contribution in [1.29, 1.82) is 0 Å². The molecule has 9 heteroatoms. The predicted molar refractivity (Wildman–Crippen MR) is 109 cm³/mol. The van der Waals surface area contributed by atoms with E-state index in [4.69, 9.17) is 17.3 Å². The SMILES string of the molecule is CN1C(=O)C(C)(C)C(C)(c2cc(NC(=O)c3ccc(Cl)cn3)ccc2F)N=C1N. The van der Waals surface area contributed by atoms with Gasteiger partial charge in [-0.1, -0.05) is 11.6 Å². The van der Waals surface area contributed by atoms with Gasteiger partial charge in [0, 0.05) is 24.5 Å². The van der Waals surface area contributed by atoms with Gasteiger partial charge in [0.2, 0.25) is 5.91 Å². The number of halogens is 2. The zero-order valence-electron chi connectivity index (χ0n) is 16.5. The number of amides is 2. The second-order valence-electron chi connectivity index (χ2n) is 7.54. The third-order valence-electron chi connectivity index (χ3n) is 5.45. The molecular formula is C20H21ClFN5O2. The first kappa shape index (κ1) is 20.7. The van der Waals surface area contributed by atoms with E-state index in [1.54, 1.807) is 26.8 Å². The Labute approximate surface area is 172 Å². The number of nitrogens with one attached hydrogen (secondary N) is 1. The molecule has 0 spiro atoms. The number of carbonyl (C=O) groups excluding carboxylic acids is 2. The van der Waals surface area contributed by atoms with Gasteiger partial charge < -0.3 is 11.1 Å². The number of hydrogen-bond donors (Lipinski definition) is 2. The van der Waals surface area contributed by atoms with Crippen LogP contribution in [-0.4, -0.2) is 34.7 Å². The van der Waals surface area contributed by atoms with Crippen LogP contribution in [0.4, 0.5) is 10.1 Å². The minimum Gasteiger partial charge on any atom is -0.369 e. The standard InChI is InChI=1S/C20H21ClFN5O2/c1-19(2)17(29)27(4)18(23)26-20(19,3)13-9-12(6-7-14(13)22)25-16(28)15-8-5-11(21)10-24-15/h5-10H,1-4H3,(H2,23,26)(H,25,28). The van der Waals surface area contributed by atoms with Gasteiger partial charge in [0.25, 0.3) is 5.91 Å². The summed E-state index contributed by atoms with van der Waals surface area (Å²) in [5.41, 5.74) is 4.19. The molecule has 7 nitrogen and oxygen atoms in total. The van der Waals surface area contributed by atoms with E-state index in [2.05, 4.69) is 15.3 Å². The maximum atomic E-state index is 14.8. The number of nitrogens with two attached hydrogens (primary N) is 1. The molecule has 2 aromatic rings. The van der Waals surface area contributed by atoms with Crippen molar-refractivity contribution in [1.82, 2.24) is 9.88 Å². The highest BCUT2D eigenvalue weighted by Crippen LogP contribution is 2.47. The number of carbonyl (C=O) groups is 2. The van der Waals surface area contributed by atoms with Crippen molar-refractivity contribution in [2.45, 2.75) is 26.3 Å². The number of anilines is 1. The van der Waals surface area contributed by atoms with Gasteiger partial charge in [0.05, 0.1) is 10.4 Å². The topological polar surface area (TPSA) is 101 Å². The summed E-state index contributed by atoms with van der Waals surface area (Å²) in [6.45, 7) is 5.02. The van der Waals surface area contributed by atoms with Crippen molar-refractivity contribution in [3.05, 3.63) is 58.6 Å². The largest absolute Gasteiger partial charge is 0.369 e. The first-order valence-corrected chi connectivity index (χ1v) is 9.21. The molecule has 0 saturated carbocycles. The fourth-order valence-corrected chi connectivity index (χ4v) is 3.37. The summed E-state index contributed by atoms with van der Waals surface area (Å²) in [6, 6.07) is 7.13. The Morgan fingerprint density at radius 3 is 2.55 bits per heavy atom. The monoisotopic (exact) mass is 417 g/mol. The van der Waals surface area contributed by atoms with Gasteiger partial charge in [-0.2, -0.15) is 0 Å². The van der Waals surface area contributed by atoms with E-state index in [9.17, 15) is 14.0 Å². The molecule has 0 bridgehead atoms. The van der Waals surface area contributed by atoms with E-state index in [1.165, 1.54) is 42.4 Å². The van der Waals surface area contributed by atoms with E-state index in [0.717, 1.165) is 0 Å². The van der Waals surface area contributed by atoms with Gasteiger partial charge in [0.1, 0.15) is 17.1 Å². The lowest BCUT2D eigenvalue weighted by Gasteiger charge is -2.46. The highest BCUT2D eigenvalue weighted by Gasteiger charge is 2.53. The van der Waals surface area contributed by atoms with E-state index >= 15 is 0 Å². The number of benzene rings is 1. The second-order valence-corrected chi connectivity index (χ2v) is 7.98. The summed E-state index contributed by atoms with van der Waals surface area (Å²) >= 11 is 5.79. The fourth-order valence-electron chi connectivity index (χ4n) is 3.25. The molecule has 1 aromatic carbocycles. The van der Waals surface area contributed by atoms with E-state index < -0.39 is 22.7 Å². The van der Waals surface area contributed by atoms with Gasteiger partial charge in [-0.05, 0) is 51.1 Å². The van der Waals surface area contributed by atoms with Gasteiger partial charge in [0.15, 0.2) is 5.96 Å². The molecule has 0 fully saturated rings. The third kappa shape index (κ3) is 3.44. The van der Waals surface area contributed by atoms with Crippen LogP contribution in [-0.2, 0) is 10.3 Å². The number of hydrogen-bond acceptors (Lipinski definition) is 5. The van der Waals surface area contributed by atoms with Crippen molar-refractivity contribution in [2.24, 2.45) is 16.1 Å². The lowest BCUT2D eigenvalue weighted by molar-refractivity contribution is -0.140. The van der Waals surface area contributed by atoms with Crippen LogP contribution in [0.15, 0.2) is 41.5 Å². The molecule has 1 atom stereocenters. The number of nitrogens with zero attached hydrogens (tertiary/aromatic N) is 3. The highest BCUT2D eigenvalue weighted by atomic mass is 35.5. The summed E-state index contributed by atoms with van der Waals surface area (Å²) in [4.78, 5) is 34.9. The van der Waals surface area contributed by atoms with Gasteiger partial charge >= 0.3 is 0 Å². The quantitative estimate of drug-likeness (QED) is 0.800. The van der Waals surface area contributed by atoms with Crippen LogP contribution in [0.25, 0.3) is 0 Å². The maximum Gasteiger partial charge on any atom is 0.274 e. The van der Waals surface area contributed by atoms with E-state index in [0.29, 0.717) is 10.7 Å². The van der Waals surface area contributed by atoms with Crippen molar-refractivity contribution in [2.75, 3.05) is 12.4 Å². The number of rotatable bonds is 3. The molecule has 29 heavy (non-hydrogen) atoms. The zero-order valence-corrected chi connectivity index (χ0v) is 17.2. The molecular weight excluding hydrogens is 397 g/mol. The Balaban J connectivity index is 2.02. The smallest absolute Gasteiger partial charge is 0.274 e. The summed E-state index contributed by atoms with van der Waals surface area (Å²) in [7, 11) is 1.52. The normalized spacial score (nSPS) is 21.0. The first-order chi connectivity index (χ1) is 13.5. The first-order valence-electron chi connectivity index (χ1n) is 8.84. The Hall–Kier alpha value is -3.00. The summed E-state index contributed by atoms with van der Waals surface area (Å²) in [6.07, 6.45) is 1.36. The molecule has 1 aliphatic heterocycles. The van der Waals surface area contributed by atoms with Crippen molar-refractivity contribution >= 4 is 35.1 Å².